The lowest BCUT2D eigenvalue weighted by Gasteiger charge is -2.12. The third kappa shape index (κ3) is 3.83. The van der Waals surface area contributed by atoms with E-state index < -0.39 is 0 Å². The maximum Gasteiger partial charge on any atom is 0.220 e. The van der Waals surface area contributed by atoms with Gasteiger partial charge in [-0.1, -0.05) is 24.3 Å². The van der Waals surface area contributed by atoms with Crippen molar-refractivity contribution >= 4 is 22.9 Å². The number of carbonyl (C=O) groups is 1. The summed E-state index contributed by atoms with van der Waals surface area (Å²) in [4.78, 5) is 13.1. The van der Waals surface area contributed by atoms with Gasteiger partial charge in [0.15, 0.2) is 0 Å². The lowest BCUT2D eigenvalue weighted by Crippen LogP contribution is -2.26. The van der Waals surface area contributed by atoms with Crippen molar-refractivity contribution in [2.45, 2.75) is 25.8 Å². The molecule has 19 heavy (non-hydrogen) atoms. The number of amides is 1. The molecule has 1 aromatic heterocycles. The highest BCUT2D eigenvalue weighted by Crippen LogP contribution is 2.18. The van der Waals surface area contributed by atoms with Gasteiger partial charge in [-0.3, -0.25) is 4.79 Å². The zero-order valence-corrected chi connectivity index (χ0v) is 11.7. The van der Waals surface area contributed by atoms with Crippen molar-refractivity contribution < 1.29 is 4.79 Å². The van der Waals surface area contributed by atoms with Crippen molar-refractivity contribution in [2.24, 2.45) is 0 Å². The van der Waals surface area contributed by atoms with E-state index in [2.05, 4.69) is 5.32 Å². The van der Waals surface area contributed by atoms with Crippen LogP contribution in [0.4, 0.5) is 5.69 Å². The van der Waals surface area contributed by atoms with E-state index in [-0.39, 0.29) is 11.9 Å². The molecule has 0 bridgehead atoms. The van der Waals surface area contributed by atoms with E-state index in [1.54, 1.807) is 11.3 Å². The first kappa shape index (κ1) is 13.6. The first-order valence-electron chi connectivity index (χ1n) is 6.33. The topological polar surface area (TPSA) is 55.1 Å². The highest BCUT2D eigenvalue weighted by atomic mass is 32.1. The van der Waals surface area contributed by atoms with E-state index in [1.165, 1.54) is 4.88 Å². The van der Waals surface area contributed by atoms with Crippen LogP contribution < -0.4 is 11.1 Å². The van der Waals surface area contributed by atoms with Crippen molar-refractivity contribution in [2.75, 3.05) is 5.73 Å². The van der Waals surface area contributed by atoms with Gasteiger partial charge in [-0.25, -0.2) is 0 Å². The summed E-state index contributed by atoms with van der Waals surface area (Å²) in [7, 11) is 0. The van der Waals surface area contributed by atoms with Crippen molar-refractivity contribution in [3.05, 3.63) is 52.2 Å². The Morgan fingerprint density at radius 1 is 1.32 bits per heavy atom. The van der Waals surface area contributed by atoms with E-state index in [0.717, 1.165) is 11.3 Å². The number of carbonyl (C=O) groups excluding carboxylic acids is 1. The van der Waals surface area contributed by atoms with Crippen LogP contribution >= 0.6 is 11.3 Å². The van der Waals surface area contributed by atoms with Crippen LogP contribution in [0.3, 0.4) is 0 Å². The summed E-state index contributed by atoms with van der Waals surface area (Å²) in [5.74, 6) is 0.0594. The molecular formula is C15H18N2OS. The van der Waals surface area contributed by atoms with Crippen LogP contribution in [0, 0.1) is 0 Å². The van der Waals surface area contributed by atoms with Gasteiger partial charge in [-0.15, -0.1) is 11.3 Å². The second kappa shape index (κ2) is 6.38. The fraction of sp³-hybridized carbons (Fsp3) is 0.267. The van der Waals surface area contributed by atoms with Crippen molar-refractivity contribution in [3.63, 3.8) is 0 Å². The summed E-state index contributed by atoms with van der Waals surface area (Å²) in [6.07, 6.45) is 1.14. The van der Waals surface area contributed by atoms with Gasteiger partial charge in [0.05, 0.1) is 6.04 Å². The Hall–Kier alpha value is -1.81. The summed E-state index contributed by atoms with van der Waals surface area (Å²) >= 11 is 1.66. The number of hydrogen-bond acceptors (Lipinski definition) is 3. The average molecular weight is 274 g/mol. The van der Waals surface area contributed by atoms with Gasteiger partial charge in [0, 0.05) is 17.0 Å². The lowest BCUT2D eigenvalue weighted by atomic mass is 10.1. The third-order valence-electron chi connectivity index (χ3n) is 3.02. The minimum atomic E-state index is 0.0594. The van der Waals surface area contributed by atoms with E-state index in [4.69, 9.17) is 5.73 Å². The normalized spacial score (nSPS) is 12.1. The average Bonchev–Trinajstić information content (AvgIpc) is 2.91. The number of nitrogen functional groups attached to an aromatic ring is 1. The molecule has 1 heterocycles. The van der Waals surface area contributed by atoms with Crippen molar-refractivity contribution in [1.82, 2.24) is 5.32 Å². The van der Waals surface area contributed by atoms with Crippen LogP contribution in [-0.4, -0.2) is 5.91 Å². The number of thiophene rings is 1. The fourth-order valence-electron chi connectivity index (χ4n) is 1.93. The van der Waals surface area contributed by atoms with Crippen LogP contribution in [0.15, 0.2) is 41.8 Å². The third-order valence-corrected chi connectivity index (χ3v) is 4.08. The Kier molecular flexibility index (Phi) is 4.58. The highest BCUT2D eigenvalue weighted by Gasteiger charge is 2.10. The second-order valence-corrected chi connectivity index (χ2v) is 5.48. The van der Waals surface area contributed by atoms with Crippen molar-refractivity contribution in [3.8, 4) is 0 Å². The molecule has 0 aliphatic carbocycles. The van der Waals surface area contributed by atoms with Gasteiger partial charge in [0.25, 0.3) is 0 Å². The predicted octanol–water partition coefficient (Wildman–Crippen LogP) is 3.14. The summed E-state index contributed by atoms with van der Waals surface area (Å²) in [5, 5.41) is 5.02. The van der Waals surface area contributed by atoms with Gasteiger partial charge < -0.3 is 11.1 Å². The molecule has 1 amide bonds. The maximum absolute atomic E-state index is 11.9. The number of benzene rings is 1. The number of aryl methyl sites for hydroxylation is 1. The molecule has 0 saturated heterocycles. The highest BCUT2D eigenvalue weighted by molar-refractivity contribution is 7.10. The SMILES string of the molecule is C[C@@H](NC(=O)CCc1ccccc1N)c1cccs1. The van der Waals surface area contributed by atoms with Gasteiger partial charge in [0.1, 0.15) is 0 Å². The molecule has 2 aromatic rings. The molecule has 2 rings (SSSR count). The zero-order valence-electron chi connectivity index (χ0n) is 10.9. The number of hydrogen-bond donors (Lipinski definition) is 2. The molecule has 0 spiro atoms. The number of nitrogens with one attached hydrogen (secondary N) is 1. The standard InChI is InChI=1S/C15H18N2OS/c1-11(14-7-4-10-19-14)17-15(18)9-8-12-5-2-3-6-13(12)16/h2-7,10-11H,8-9,16H2,1H3,(H,17,18)/t11-/m1/s1. The van der Waals surface area contributed by atoms with E-state index in [9.17, 15) is 4.79 Å². The minimum Gasteiger partial charge on any atom is -0.399 e. The molecule has 100 valence electrons. The smallest absolute Gasteiger partial charge is 0.220 e. The Morgan fingerprint density at radius 3 is 2.79 bits per heavy atom. The van der Waals surface area contributed by atoms with E-state index in [1.807, 2.05) is 48.7 Å². The number of para-hydroxylation sites is 1. The van der Waals surface area contributed by atoms with Gasteiger partial charge in [-0.2, -0.15) is 0 Å². The largest absolute Gasteiger partial charge is 0.399 e. The Morgan fingerprint density at radius 2 is 2.11 bits per heavy atom. The number of nitrogens with two attached hydrogens (primary N) is 1. The first-order chi connectivity index (χ1) is 9.16. The first-order valence-corrected chi connectivity index (χ1v) is 7.21. The minimum absolute atomic E-state index is 0.0594. The summed E-state index contributed by atoms with van der Waals surface area (Å²) < 4.78 is 0. The Balaban J connectivity index is 1.84. The summed E-state index contributed by atoms with van der Waals surface area (Å²) in [6.45, 7) is 2.00. The predicted molar refractivity (Wildman–Crippen MR) is 80.1 cm³/mol. The fourth-order valence-corrected chi connectivity index (χ4v) is 2.67. The Labute approximate surface area is 117 Å². The molecule has 0 radical (unpaired) electrons. The Bertz CT molecular complexity index is 537. The monoisotopic (exact) mass is 274 g/mol. The number of rotatable bonds is 5. The van der Waals surface area contributed by atoms with Crippen LogP contribution in [0.1, 0.15) is 29.8 Å². The maximum atomic E-state index is 11.9. The molecule has 0 saturated carbocycles. The molecule has 0 fully saturated rings. The van der Waals surface area contributed by atoms with Gasteiger partial charge >= 0.3 is 0 Å². The zero-order chi connectivity index (χ0) is 13.7. The quantitative estimate of drug-likeness (QED) is 0.823. The van der Waals surface area contributed by atoms with E-state index >= 15 is 0 Å². The molecule has 1 atom stereocenters. The van der Waals surface area contributed by atoms with Gasteiger partial charge in [-0.05, 0) is 36.4 Å². The van der Waals surface area contributed by atoms with Crippen LogP contribution in [0.25, 0.3) is 0 Å². The molecule has 0 aliphatic heterocycles. The van der Waals surface area contributed by atoms with E-state index in [0.29, 0.717) is 12.8 Å². The lowest BCUT2D eigenvalue weighted by molar-refractivity contribution is -0.121. The van der Waals surface area contributed by atoms with Crippen molar-refractivity contribution in [1.29, 1.82) is 0 Å². The molecule has 1 aromatic carbocycles. The summed E-state index contributed by atoms with van der Waals surface area (Å²) in [5.41, 5.74) is 7.64. The molecule has 4 heteroatoms. The molecule has 3 nitrogen and oxygen atoms in total. The molecule has 0 aliphatic rings. The molecular weight excluding hydrogens is 256 g/mol. The second-order valence-electron chi connectivity index (χ2n) is 4.50. The van der Waals surface area contributed by atoms with Gasteiger partial charge in [0.2, 0.25) is 5.91 Å². The number of anilines is 1. The van der Waals surface area contributed by atoms with Crippen LogP contribution in [0.2, 0.25) is 0 Å². The molecule has 0 unspecified atom stereocenters. The van der Waals surface area contributed by atoms with Crippen LogP contribution in [-0.2, 0) is 11.2 Å². The molecule has 3 N–H and O–H groups in total. The van der Waals surface area contributed by atoms with Crippen LogP contribution in [0.5, 0.6) is 0 Å². The summed E-state index contributed by atoms with van der Waals surface area (Å²) in [6, 6.07) is 11.8.